The average molecular weight is 246 g/mol. The molecule has 18 heavy (non-hydrogen) atoms. The molecule has 1 aliphatic heterocycles. The zero-order valence-electron chi connectivity index (χ0n) is 12.0. The molecule has 0 radical (unpaired) electrons. The summed E-state index contributed by atoms with van der Waals surface area (Å²) in [5.74, 6) is 0. The van der Waals surface area contributed by atoms with Gasteiger partial charge in [-0.1, -0.05) is 25.5 Å². The highest BCUT2D eigenvalue weighted by Crippen LogP contribution is 2.19. The zero-order chi connectivity index (χ0) is 13.0. The largest absolute Gasteiger partial charge is 0.369 e. The van der Waals surface area contributed by atoms with E-state index < -0.39 is 0 Å². The van der Waals surface area contributed by atoms with Gasteiger partial charge in [-0.05, 0) is 38.0 Å². The fourth-order valence-corrected chi connectivity index (χ4v) is 2.69. The Bertz CT molecular complexity index is 365. The van der Waals surface area contributed by atoms with Crippen molar-refractivity contribution in [2.75, 3.05) is 31.1 Å². The molecular weight excluding hydrogens is 220 g/mol. The van der Waals surface area contributed by atoms with Crippen LogP contribution in [0.5, 0.6) is 0 Å². The highest BCUT2D eigenvalue weighted by atomic mass is 15.3. The topological polar surface area (TPSA) is 6.48 Å². The number of hydrogen-bond acceptors (Lipinski definition) is 2. The molecule has 0 N–H and O–H groups in total. The van der Waals surface area contributed by atoms with Gasteiger partial charge in [0, 0.05) is 37.9 Å². The number of anilines is 1. The van der Waals surface area contributed by atoms with Crippen molar-refractivity contribution < 1.29 is 0 Å². The Hall–Kier alpha value is -1.02. The van der Waals surface area contributed by atoms with E-state index in [-0.39, 0.29) is 0 Å². The van der Waals surface area contributed by atoms with E-state index in [1.54, 1.807) is 0 Å². The van der Waals surface area contributed by atoms with Gasteiger partial charge >= 0.3 is 0 Å². The van der Waals surface area contributed by atoms with Gasteiger partial charge in [-0.2, -0.15) is 0 Å². The molecule has 0 unspecified atom stereocenters. The van der Waals surface area contributed by atoms with Crippen molar-refractivity contribution in [2.24, 2.45) is 0 Å². The van der Waals surface area contributed by atoms with Crippen LogP contribution in [0.25, 0.3) is 0 Å². The molecule has 1 aliphatic rings. The molecule has 0 aromatic heterocycles. The highest BCUT2D eigenvalue weighted by molar-refractivity contribution is 5.49. The Morgan fingerprint density at radius 3 is 2.44 bits per heavy atom. The summed E-state index contributed by atoms with van der Waals surface area (Å²) in [5.41, 5.74) is 2.88. The van der Waals surface area contributed by atoms with Crippen LogP contribution in [0.15, 0.2) is 24.3 Å². The molecule has 0 bridgehead atoms. The first-order chi connectivity index (χ1) is 8.70. The van der Waals surface area contributed by atoms with E-state index >= 15 is 0 Å². The number of rotatable bonds is 4. The lowest BCUT2D eigenvalue weighted by Gasteiger charge is -2.38. The molecular formula is C16H26N2. The second-order valence-electron chi connectivity index (χ2n) is 5.54. The first-order valence-corrected chi connectivity index (χ1v) is 7.28. The summed E-state index contributed by atoms with van der Waals surface area (Å²) in [6.07, 6.45) is 2.42. The van der Waals surface area contributed by atoms with Crippen molar-refractivity contribution in [3.8, 4) is 0 Å². The summed E-state index contributed by atoms with van der Waals surface area (Å²) in [5, 5.41) is 0. The Morgan fingerprint density at radius 1 is 1.11 bits per heavy atom. The molecule has 2 heteroatoms. The summed E-state index contributed by atoms with van der Waals surface area (Å²) >= 11 is 0. The lowest BCUT2D eigenvalue weighted by Crippen LogP contribution is -2.48. The molecule has 2 nitrogen and oxygen atoms in total. The van der Waals surface area contributed by atoms with Crippen molar-refractivity contribution in [3.05, 3.63) is 29.8 Å². The van der Waals surface area contributed by atoms with Crippen molar-refractivity contribution in [1.82, 2.24) is 4.90 Å². The van der Waals surface area contributed by atoms with Crippen molar-refractivity contribution >= 4 is 5.69 Å². The lowest BCUT2D eigenvalue weighted by molar-refractivity contribution is 0.209. The molecule has 1 aromatic rings. The van der Waals surface area contributed by atoms with E-state index in [1.165, 1.54) is 37.2 Å². The maximum Gasteiger partial charge on any atom is 0.0369 e. The molecule has 1 aromatic carbocycles. The number of benzene rings is 1. The number of piperazine rings is 1. The van der Waals surface area contributed by atoms with Gasteiger partial charge in [0.1, 0.15) is 0 Å². The summed E-state index contributed by atoms with van der Waals surface area (Å²) in [6, 6.07) is 9.75. The maximum atomic E-state index is 2.56. The van der Waals surface area contributed by atoms with Crippen LogP contribution in [-0.2, 0) is 6.42 Å². The third kappa shape index (κ3) is 3.26. The smallest absolute Gasteiger partial charge is 0.0369 e. The summed E-state index contributed by atoms with van der Waals surface area (Å²) < 4.78 is 0. The molecule has 1 heterocycles. The molecule has 1 saturated heterocycles. The van der Waals surface area contributed by atoms with Crippen LogP contribution >= 0.6 is 0 Å². The van der Waals surface area contributed by atoms with Crippen LogP contribution < -0.4 is 4.90 Å². The molecule has 0 atom stereocenters. The van der Waals surface area contributed by atoms with Gasteiger partial charge in [-0.15, -0.1) is 0 Å². The number of hydrogen-bond donors (Lipinski definition) is 0. The fraction of sp³-hybridized carbons (Fsp3) is 0.625. The first kappa shape index (κ1) is 13.4. The van der Waals surface area contributed by atoms with Crippen molar-refractivity contribution in [2.45, 2.75) is 39.7 Å². The Kier molecular flexibility index (Phi) is 4.65. The van der Waals surface area contributed by atoms with Crippen molar-refractivity contribution in [1.29, 1.82) is 0 Å². The molecule has 0 aliphatic carbocycles. The molecule has 1 fully saturated rings. The molecule has 0 saturated carbocycles. The Balaban J connectivity index is 1.98. The average Bonchev–Trinajstić information content (AvgIpc) is 2.39. The minimum atomic E-state index is 0.679. The Labute approximate surface area is 112 Å². The van der Waals surface area contributed by atoms with E-state index in [9.17, 15) is 0 Å². The van der Waals surface area contributed by atoms with Crippen molar-refractivity contribution in [3.63, 3.8) is 0 Å². The predicted molar refractivity (Wildman–Crippen MR) is 79.4 cm³/mol. The number of aryl methyl sites for hydroxylation is 1. The van der Waals surface area contributed by atoms with E-state index in [1.807, 2.05) is 0 Å². The van der Waals surface area contributed by atoms with Gasteiger partial charge in [0.05, 0.1) is 0 Å². The van der Waals surface area contributed by atoms with Gasteiger partial charge in [-0.25, -0.2) is 0 Å². The number of nitrogens with zero attached hydrogens (tertiary/aromatic N) is 2. The summed E-state index contributed by atoms with van der Waals surface area (Å²) in [6.45, 7) is 11.5. The van der Waals surface area contributed by atoms with E-state index in [4.69, 9.17) is 0 Å². The van der Waals surface area contributed by atoms with Crippen LogP contribution in [0, 0.1) is 0 Å². The van der Waals surface area contributed by atoms with Crippen LogP contribution in [0.4, 0.5) is 5.69 Å². The SMILES string of the molecule is CCCc1cccc(N2CCN(C(C)C)CC2)c1. The summed E-state index contributed by atoms with van der Waals surface area (Å²) in [4.78, 5) is 5.09. The molecule has 100 valence electrons. The standard InChI is InChI=1S/C16H26N2/c1-4-6-15-7-5-8-16(13-15)18-11-9-17(10-12-18)14(2)3/h5,7-8,13-14H,4,6,9-12H2,1-3H3. The van der Waals surface area contributed by atoms with Gasteiger partial charge in [0.15, 0.2) is 0 Å². The van der Waals surface area contributed by atoms with Gasteiger partial charge in [0.2, 0.25) is 0 Å². The third-order valence-electron chi connectivity index (χ3n) is 3.86. The fourth-order valence-electron chi connectivity index (χ4n) is 2.69. The van der Waals surface area contributed by atoms with Gasteiger partial charge < -0.3 is 4.90 Å². The zero-order valence-corrected chi connectivity index (χ0v) is 12.0. The maximum absolute atomic E-state index is 2.56. The third-order valence-corrected chi connectivity index (χ3v) is 3.86. The molecule has 2 rings (SSSR count). The van der Waals surface area contributed by atoms with Crippen LogP contribution in [0.3, 0.4) is 0 Å². The minimum Gasteiger partial charge on any atom is -0.369 e. The summed E-state index contributed by atoms with van der Waals surface area (Å²) in [7, 11) is 0. The highest BCUT2D eigenvalue weighted by Gasteiger charge is 2.18. The van der Waals surface area contributed by atoms with Crippen LogP contribution in [0.2, 0.25) is 0 Å². The van der Waals surface area contributed by atoms with E-state index in [2.05, 4.69) is 54.8 Å². The quantitative estimate of drug-likeness (QED) is 0.805. The molecule has 0 spiro atoms. The van der Waals surface area contributed by atoms with E-state index in [0.29, 0.717) is 6.04 Å². The van der Waals surface area contributed by atoms with Crippen LogP contribution in [-0.4, -0.2) is 37.1 Å². The minimum absolute atomic E-state index is 0.679. The lowest BCUT2D eigenvalue weighted by atomic mass is 10.1. The van der Waals surface area contributed by atoms with Gasteiger partial charge in [0.25, 0.3) is 0 Å². The predicted octanol–water partition coefficient (Wildman–Crippen LogP) is 3.17. The second kappa shape index (κ2) is 6.24. The monoisotopic (exact) mass is 246 g/mol. The van der Waals surface area contributed by atoms with Gasteiger partial charge in [-0.3, -0.25) is 4.90 Å². The normalized spacial score (nSPS) is 17.4. The van der Waals surface area contributed by atoms with E-state index in [0.717, 1.165) is 13.1 Å². The molecule has 0 amide bonds. The van der Waals surface area contributed by atoms with Crippen LogP contribution in [0.1, 0.15) is 32.8 Å². The Morgan fingerprint density at radius 2 is 1.83 bits per heavy atom. The first-order valence-electron chi connectivity index (χ1n) is 7.28. The second-order valence-corrected chi connectivity index (χ2v) is 5.54.